The van der Waals surface area contributed by atoms with Gasteiger partial charge in [0.15, 0.2) is 16.5 Å². The van der Waals surface area contributed by atoms with Crippen LogP contribution >= 0.6 is 11.3 Å². The lowest BCUT2D eigenvalue weighted by Gasteiger charge is -2.00. The van der Waals surface area contributed by atoms with Gasteiger partial charge >= 0.3 is 0 Å². The van der Waals surface area contributed by atoms with Crippen molar-refractivity contribution in [3.05, 3.63) is 76.7 Å². The first-order valence-electron chi connectivity index (χ1n) is 9.29. The van der Waals surface area contributed by atoms with Crippen LogP contribution < -0.4 is 10.1 Å². The van der Waals surface area contributed by atoms with Crippen molar-refractivity contribution in [2.24, 2.45) is 0 Å². The number of benzene rings is 2. The molecule has 0 unspecified atom stereocenters. The number of non-ortho nitro benzene ring substituents is 1. The predicted molar refractivity (Wildman–Crippen MR) is 121 cm³/mol. The molecule has 1 amide bonds. The highest BCUT2D eigenvalue weighted by Crippen LogP contribution is 2.30. The summed E-state index contributed by atoms with van der Waals surface area (Å²) in [5, 5.41) is 14.1. The number of nitrogens with one attached hydrogen (secondary N) is 1. The minimum atomic E-state index is -3.94. The molecule has 0 aliphatic heterocycles. The highest BCUT2D eigenvalue weighted by atomic mass is 32.2. The van der Waals surface area contributed by atoms with E-state index in [9.17, 15) is 23.3 Å². The van der Waals surface area contributed by atoms with Crippen molar-refractivity contribution in [2.45, 2.75) is 9.10 Å². The third-order valence-corrected chi connectivity index (χ3v) is 7.63. The van der Waals surface area contributed by atoms with Crippen molar-refractivity contribution >= 4 is 54.9 Å². The van der Waals surface area contributed by atoms with Gasteiger partial charge in [-0.2, -0.15) is 0 Å². The number of rotatable bonds is 7. The van der Waals surface area contributed by atoms with E-state index < -0.39 is 20.7 Å². The Bertz CT molecular complexity index is 1490. The highest BCUT2D eigenvalue weighted by molar-refractivity contribution is 7.93. The number of thiazole rings is 1. The fourth-order valence-electron chi connectivity index (χ4n) is 2.91. The molecule has 2 aromatic carbocycles. The molecule has 0 aliphatic rings. The number of methoxy groups -OCH3 is 1. The number of para-hydroxylation sites is 1. The summed E-state index contributed by atoms with van der Waals surface area (Å²) in [5.41, 5.74) is 0.335. The first-order valence-corrected chi connectivity index (χ1v) is 11.6. The van der Waals surface area contributed by atoms with Crippen LogP contribution in [0.1, 0.15) is 5.76 Å². The summed E-state index contributed by atoms with van der Waals surface area (Å²) in [6, 6.07) is 11.7. The number of amides is 1. The molecule has 0 atom stereocenters. The molecule has 2 aromatic heterocycles. The molecular weight excluding hydrogens is 470 g/mol. The Morgan fingerprint density at radius 1 is 1.24 bits per heavy atom. The van der Waals surface area contributed by atoms with Gasteiger partial charge in [-0.15, -0.1) is 0 Å². The van der Waals surface area contributed by atoms with Crippen LogP contribution in [0.15, 0.2) is 74.3 Å². The predicted octanol–water partition coefficient (Wildman–Crippen LogP) is 4.29. The standard InChI is InChI=1S/C21H15N3O7S2/c1-30-17-4-2-3-13-11-15(31-20(13)17)7-10-18(25)23-21-22-12-19(32-21)33(28,29)16-8-5-14(6-9-16)24(26)27/h2-12H,1H3,(H,22,23,25)/b10-7+. The van der Waals surface area contributed by atoms with Crippen LogP contribution in [-0.2, 0) is 14.6 Å². The third kappa shape index (κ3) is 4.61. The van der Waals surface area contributed by atoms with Gasteiger partial charge in [-0.1, -0.05) is 23.5 Å². The maximum atomic E-state index is 12.7. The number of aromatic nitrogens is 1. The van der Waals surface area contributed by atoms with Crippen LogP contribution in [0.5, 0.6) is 5.75 Å². The van der Waals surface area contributed by atoms with Crippen molar-refractivity contribution in [2.75, 3.05) is 12.4 Å². The number of carbonyl (C=O) groups excluding carboxylic acids is 1. The van der Waals surface area contributed by atoms with E-state index in [0.29, 0.717) is 17.1 Å². The number of furan rings is 1. The lowest BCUT2D eigenvalue weighted by molar-refractivity contribution is -0.384. The quantitative estimate of drug-likeness (QED) is 0.232. The Morgan fingerprint density at radius 3 is 2.70 bits per heavy atom. The summed E-state index contributed by atoms with van der Waals surface area (Å²) in [5.74, 6) is 0.474. The number of fused-ring (bicyclic) bond motifs is 1. The first-order chi connectivity index (χ1) is 15.8. The SMILES string of the molecule is COc1cccc2cc(/C=C/C(=O)Nc3ncc(S(=O)(=O)c4ccc([N+](=O)[O-])cc4)s3)oc12. The van der Waals surface area contributed by atoms with E-state index in [1.807, 2.05) is 12.1 Å². The monoisotopic (exact) mass is 485 g/mol. The maximum absolute atomic E-state index is 12.7. The molecular formula is C21H15N3O7S2. The van der Waals surface area contributed by atoms with Gasteiger partial charge in [0.05, 0.1) is 23.1 Å². The van der Waals surface area contributed by atoms with E-state index in [0.717, 1.165) is 47.2 Å². The lowest BCUT2D eigenvalue weighted by Crippen LogP contribution is -2.07. The zero-order valence-corrected chi connectivity index (χ0v) is 18.6. The molecule has 0 saturated carbocycles. The van der Waals surface area contributed by atoms with Gasteiger partial charge in [0.25, 0.3) is 5.69 Å². The smallest absolute Gasteiger partial charge is 0.269 e. The van der Waals surface area contributed by atoms with Gasteiger partial charge in [-0.05, 0) is 30.3 Å². The minimum Gasteiger partial charge on any atom is -0.493 e. The molecule has 168 valence electrons. The first kappa shape index (κ1) is 22.2. The third-order valence-electron chi connectivity index (χ3n) is 4.48. The second-order valence-electron chi connectivity index (χ2n) is 6.59. The molecule has 0 radical (unpaired) electrons. The number of anilines is 1. The average molecular weight is 485 g/mol. The Labute approximate surface area is 191 Å². The van der Waals surface area contributed by atoms with Gasteiger partial charge in [-0.25, -0.2) is 13.4 Å². The number of nitro benzene ring substituents is 1. The molecule has 0 fully saturated rings. The Hall–Kier alpha value is -4.03. The summed E-state index contributed by atoms with van der Waals surface area (Å²) >= 11 is 0.765. The summed E-state index contributed by atoms with van der Waals surface area (Å²) in [4.78, 5) is 26.2. The van der Waals surface area contributed by atoms with Crippen molar-refractivity contribution in [1.29, 1.82) is 0 Å². The van der Waals surface area contributed by atoms with E-state index in [1.165, 1.54) is 19.3 Å². The van der Waals surface area contributed by atoms with Crippen molar-refractivity contribution in [3.8, 4) is 5.75 Å². The van der Waals surface area contributed by atoms with Crippen LogP contribution in [-0.4, -0.2) is 31.3 Å². The van der Waals surface area contributed by atoms with Gasteiger partial charge in [0, 0.05) is 23.6 Å². The van der Waals surface area contributed by atoms with Crippen molar-refractivity contribution in [3.63, 3.8) is 0 Å². The molecule has 0 bridgehead atoms. The number of ether oxygens (including phenoxy) is 1. The van der Waals surface area contributed by atoms with Crippen molar-refractivity contribution < 1.29 is 27.3 Å². The van der Waals surface area contributed by atoms with Gasteiger partial charge in [-0.3, -0.25) is 20.2 Å². The fraction of sp³-hybridized carbons (Fsp3) is 0.0476. The van der Waals surface area contributed by atoms with E-state index in [2.05, 4.69) is 10.3 Å². The molecule has 1 N–H and O–H groups in total. The number of nitro groups is 1. The number of hydrogen-bond acceptors (Lipinski definition) is 9. The molecule has 10 nitrogen and oxygen atoms in total. The van der Waals surface area contributed by atoms with Crippen LogP contribution in [0.4, 0.5) is 10.8 Å². The second-order valence-corrected chi connectivity index (χ2v) is 9.80. The van der Waals surface area contributed by atoms with Gasteiger partial charge < -0.3 is 9.15 Å². The summed E-state index contributed by atoms with van der Waals surface area (Å²) in [6.45, 7) is 0. The van der Waals surface area contributed by atoms with E-state index in [4.69, 9.17) is 9.15 Å². The van der Waals surface area contributed by atoms with E-state index in [1.54, 1.807) is 12.1 Å². The Kier molecular flexibility index (Phi) is 5.94. The van der Waals surface area contributed by atoms with E-state index in [-0.39, 0.29) is 19.9 Å². The van der Waals surface area contributed by atoms with Crippen molar-refractivity contribution in [1.82, 2.24) is 4.98 Å². The van der Waals surface area contributed by atoms with E-state index >= 15 is 0 Å². The lowest BCUT2D eigenvalue weighted by atomic mass is 10.2. The Balaban J connectivity index is 1.47. The highest BCUT2D eigenvalue weighted by Gasteiger charge is 2.22. The zero-order chi connectivity index (χ0) is 23.6. The molecule has 2 heterocycles. The number of nitrogens with zero attached hydrogens (tertiary/aromatic N) is 2. The molecule has 12 heteroatoms. The molecule has 0 spiro atoms. The average Bonchev–Trinajstić information content (AvgIpc) is 3.44. The number of carbonyl (C=O) groups is 1. The maximum Gasteiger partial charge on any atom is 0.269 e. The molecule has 33 heavy (non-hydrogen) atoms. The number of sulfone groups is 1. The normalized spacial score (nSPS) is 11.7. The minimum absolute atomic E-state index is 0.0800. The molecule has 0 aliphatic carbocycles. The largest absolute Gasteiger partial charge is 0.493 e. The molecule has 4 rings (SSSR count). The van der Waals surface area contributed by atoms with Crippen LogP contribution in [0, 0.1) is 10.1 Å². The summed E-state index contributed by atoms with van der Waals surface area (Å²) in [7, 11) is -2.40. The van der Waals surface area contributed by atoms with Crippen LogP contribution in [0.25, 0.3) is 17.0 Å². The molecule has 4 aromatic rings. The zero-order valence-electron chi connectivity index (χ0n) is 16.9. The van der Waals surface area contributed by atoms with Gasteiger partial charge in [0.2, 0.25) is 15.7 Å². The molecule has 0 saturated heterocycles. The summed E-state index contributed by atoms with van der Waals surface area (Å²) < 4.78 is 36.2. The van der Waals surface area contributed by atoms with Crippen LogP contribution in [0.3, 0.4) is 0 Å². The number of hydrogen-bond donors (Lipinski definition) is 1. The second kappa shape index (κ2) is 8.84. The topological polar surface area (TPSA) is 142 Å². The fourth-order valence-corrected chi connectivity index (χ4v) is 5.34. The Morgan fingerprint density at radius 2 is 2.00 bits per heavy atom. The summed E-state index contributed by atoms with van der Waals surface area (Å²) in [6.07, 6.45) is 3.82. The van der Waals surface area contributed by atoms with Gasteiger partial charge in [0.1, 0.15) is 9.97 Å². The van der Waals surface area contributed by atoms with Crippen LogP contribution in [0.2, 0.25) is 0 Å².